The van der Waals surface area contributed by atoms with E-state index in [2.05, 4.69) is 21.2 Å². The van der Waals surface area contributed by atoms with Gasteiger partial charge < -0.3 is 11.1 Å². The van der Waals surface area contributed by atoms with Gasteiger partial charge >= 0.3 is 0 Å². The van der Waals surface area contributed by atoms with Crippen molar-refractivity contribution in [1.82, 2.24) is 0 Å². The lowest BCUT2D eigenvalue weighted by atomic mass is 10.3. The zero-order chi connectivity index (χ0) is 14.8. The zero-order valence-electron chi connectivity index (χ0n) is 10.9. The predicted molar refractivity (Wildman–Crippen MR) is 83.2 cm³/mol. The minimum atomic E-state index is -3.35. The number of amides is 1. The van der Waals surface area contributed by atoms with Gasteiger partial charge in [0.15, 0.2) is 9.84 Å². The molecule has 1 amide bonds. The molecule has 0 bridgehead atoms. The van der Waals surface area contributed by atoms with Crippen molar-refractivity contribution >= 4 is 43.0 Å². The molecule has 1 fully saturated rings. The number of anilines is 2. The van der Waals surface area contributed by atoms with E-state index in [1.807, 2.05) is 0 Å². The van der Waals surface area contributed by atoms with Crippen molar-refractivity contribution in [3.63, 3.8) is 0 Å². The summed E-state index contributed by atoms with van der Waals surface area (Å²) in [6.45, 7) is 0. The lowest BCUT2D eigenvalue weighted by Crippen LogP contribution is -2.29. The highest BCUT2D eigenvalue weighted by Gasteiger charge is 2.30. The maximum absolute atomic E-state index is 12.1. The van der Waals surface area contributed by atoms with Crippen molar-refractivity contribution in [2.45, 2.75) is 30.9 Å². The van der Waals surface area contributed by atoms with Gasteiger partial charge in [0.25, 0.3) is 0 Å². The Hall–Kier alpha value is -1.08. The van der Waals surface area contributed by atoms with Crippen molar-refractivity contribution in [1.29, 1.82) is 0 Å². The zero-order valence-corrected chi connectivity index (χ0v) is 13.3. The Morgan fingerprint density at radius 1 is 1.35 bits per heavy atom. The maximum Gasteiger partial charge on any atom is 0.239 e. The monoisotopic (exact) mass is 360 g/mol. The molecule has 0 radical (unpaired) electrons. The highest BCUT2D eigenvalue weighted by molar-refractivity contribution is 9.10. The first-order valence-corrected chi connectivity index (χ1v) is 8.96. The third-order valence-corrected chi connectivity index (χ3v) is 6.22. The van der Waals surface area contributed by atoms with E-state index in [0.717, 1.165) is 12.8 Å². The van der Waals surface area contributed by atoms with Crippen LogP contribution in [0.4, 0.5) is 11.4 Å². The van der Waals surface area contributed by atoms with Crippen molar-refractivity contribution in [2.75, 3.05) is 16.8 Å². The van der Waals surface area contributed by atoms with Crippen LogP contribution < -0.4 is 11.1 Å². The standard InChI is InChI=1S/C13H17BrN2O3S/c14-11-7-9(15)5-6-12(11)16-13(17)8-20(18,19)10-3-1-2-4-10/h5-7,10H,1-4,8,15H2,(H,16,17). The fourth-order valence-electron chi connectivity index (χ4n) is 2.37. The number of nitrogens with two attached hydrogens (primary N) is 1. The number of carbonyl (C=O) groups is 1. The molecule has 3 N–H and O–H groups in total. The molecule has 1 aromatic carbocycles. The summed E-state index contributed by atoms with van der Waals surface area (Å²) in [5.41, 5.74) is 6.69. The van der Waals surface area contributed by atoms with E-state index in [4.69, 9.17) is 5.73 Å². The molecule has 110 valence electrons. The number of nitrogen functional groups attached to an aromatic ring is 1. The van der Waals surface area contributed by atoms with E-state index in [0.29, 0.717) is 28.7 Å². The summed E-state index contributed by atoms with van der Waals surface area (Å²) in [4.78, 5) is 11.9. The molecule has 0 aliphatic heterocycles. The molecule has 20 heavy (non-hydrogen) atoms. The number of hydrogen-bond donors (Lipinski definition) is 2. The number of carbonyl (C=O) groups excluding carboxylic acids is 1. The van der Waals surface area contributed by atoms with Crippen LogP contribution in [0, 0.1) is 0 Å². The van der Waals surface area contributed by atoms with Crippen molar-refractivity contribution in [2.24, 2.45) is 0 Å². The van der Waals surface area contributed by atoms with Crippen molar-refractivity contribution in [3.8, 4) is 0 Å². The SMILES string of the molecule is Nc1ccc(NC(=O)CS(=O)(=O)C2CCCC2)c(Br)c1. The molecule has 7 heteroatoms. The lowest BCUT2D eigenvalue weighted by Gasteiger charge is -2.12. The molecule has 2 rings (SSSR count). The maximum atomic E-state index is 12.1. The van der Waals surface area contributed by atoms with E-state index >= 15 is 0 Å². The average Bonchev–Trinajstić information content (AvgIpc) is 2.86. The molecular formula is C13H17BrN2O3S. The van der Waals surface area contributed by atoms with Crippen LogP contribution >= 0.6 is 15.9 Å². The predicted octanol–water partition coefficient (Wildman–Crippen LogP) is 2.33. The van der Waals surface area contributed by atoms with Crippen molar-refractivity contribution in [3.05, 3.63) is 22.7 Å². The van der Waals surface area contributed by atoms with Gasteiger partial charge in [0.1, 0.15) is 5.75 Å². The van der Waals surface area contributed by atoms with Crippen LogP contribution in [-0.2, 0) is 14.6 Å². The summed E-state index contributed by atoms with van der Waals surface area (Å²) in [5.74, 6) is -0.975. The fraction of sp³-hybridized carbons (Fsp3) is 0.462. The second-order valence-corrected chi connectivity index (χ2v) is 8.14. The van der Waals surface area contributed by atoms with Gasteiger partial charge in [0.2, 0.25) is 5.91 Å². The van der Waals surface area contributed by atoms with E-state index in [9.17, 15) is 13.2 Å². The van der Waals surface area contributed by atoms with Gasteiger partial charge in [-0.05, 0) is 47.0 Å². The largest absolute Gasteiger partial charge is 0.399 e. The minimum Gasteiger partial charge on any atom is -0.399 e. The van der Waals surface area contributed by atoms with Gasteiger partial charge in [-0.3, -0.25) is 4.79 Å². The Morgan fingerprint density at radius 3 is 2.60 bits per heavy atom. The fourth-order valence-corrected chi connectivity index (χ4v) is 4.59. The van der Waals surface area contributed by atoms with Gasteiger partial charge in [-0.15, -0.1) is 0 Å². The third kappa shape index (κ3) is 3.73. The van der Waals surface area contributed by atoms with E-state index in [1.165, 1.54) is 0 Å². The molecule has 0 unspecified atom stereocenters. The molecular weight excluding hydrogens is 344 g/mol. The van der Waals surface area contributed by atoms with Crippen LogP contribution in [0.25, 0.3) is 0 Å². The molecule has 1 aromatic rings. The molecule has 1 aliphatic rings. The van der Waals surface area contributed by atoms with Crippen LogP contribution in [0.1, 0.15) is 25.7 Å². The number of halogens is 1. The third-order valence-electron chi connectivity index (χ3n) is 3.41. The van der Waals surface area contributed by atoms with Gasteiger partial charge in [0.05, 0.1) is 10.9 Å². The smallest absolute Gasteiger partial charge is 0.239 e. The Kier molecular flexibility index (Phi) is 4.70. The number of nitrogens with one attached hydrogen (secondary N) is 1. The molecule has 1 saturated carbocycles. The summed E-state index contributed by atoms with van der Waals surface area (Å²) in [6.07, 6.45) is 3.19. The molecule has 1 aliphatic carbocycles. The molecule has 5 nitrogen and oxygen atoms in total. The van der Waals surface area contributed by atoms with Gasteiger partial charge in [-0.1, -0.05) is 12.8 Å². The van der Waals surface area contributed by atoms with Gasteiger partial charge in [-0.25, -0.2) is 8.42 Å². The van der Waals surface area contributed by atoms with Gasteiger partial charge in [0, 0.05) is 10.2 Å². The van der Waals surface area contributed by atoms with Crippen LogP contribution in [0.3, 0.4) is 0 Å². The summed E-state index contributed by atoms with van der Waals surface area (Å²) in [5, 5.41) is 2.24. The van der Waals surface area contributed by atoms with Crippen LogP contribution in [0.5, 0.6) is 0 Å². The molecule has 0 aromatic heterocycles. The minimum absolute atomic E-state index is 0.358. The highest BCUT2D eigenvalue weighted by atomic mass is 79.9. The number of hydrogen-bond acceptors (Lipinski definition) is 4. The van der Waals surface area contributed by atoms with Crippen LogP contribution in [0.2, 0.25) is 0 Å². The first kappa shape index (κ1) is 15.3. The molecule has 0 saturated heterocycles. The van der Waals surface area contributed by atoms with Crippen molar-refractivity contribution < 1.29 is 13.2 Å². The van der Waals surface area contributed by atoms with E-state index in [-0.39, 0.29) is 5.25 Å². The molecule has 0 heterocycles. The summed E-state index contributed by atoms with van der Waals surface area (Å²) >= 11 is 3.28. The summed E-state index contributed by atoms with van der Waals surface area (Å²) < 4.78 is 24.8. The number of rotatable bonds is 4. The topological polar surface area (TPSA) is 89.3 Å². The van der Waals surface area contributed by atoms with Crippen LogP contribution in [0.15, 0.2) is 22.7 Å². The number of sulfone groups is 1. The van der Waals surface area contributed by atoms with Crippen LogP contribution in [-0.4, -0.2) is 25.3 Å². The van der Waals surface area contributed by atoms with E-state index in [1.54, 1.807) is 18.2 Å². The van der Waals surface area contributed by atoms with E-state index < -0.39 is 21.5 Å². The first-order valence-electron chi connectivity index (χ1n) is 6.45. The second kappa shape index (κ2) is 6.13. The summed E-state index contributed by atoms with van der Waals surface area (Å²) in [6, 6.07) is 4.94. The highest BCUT2D eigenvalue weighted by Crippen LogP contribution is 2.27. The normalized spacial score (nSPS) is 16.2. The Morgan fingerprint density at radius 2 is 2.00 bits per heavy atom. The quantitative estimate of drug-likeness (QED) is 0.806. The Bertz CT molecular complexity index is 610. The Labute approximate surface area is 127 Å². The van der Waals surface area contributed by atoms with Gasteiger partial charge in [-0.2, -0.15) is 0 Å². The number of benzene rings is 1. The second-order valence-electron chi connectivity index (χ2n) is 5.00. The molecule has 0 spiro atoms. The molecule has 0 atom stereocenters. The Balaban J connectivity index is 2.01. The summed E-state index contributed by atoms with van der Waals surface area (Å²) in [7, 11) is -3.35. The average molecular weight is 361 g/mol. The first-order chi connectivity index (χ1) is 9.38. The lowest BCUT2D eigenvalue weighted by molar-refractivity contribution is -0.113.